The highest BCUT2D eigenvalue weighted by molar-refractivity contribution is 5.82. The van der Waals surface area contributed by atoms with Gasteiger partial charge in [0.1, 0.15) is 5.75 Å². The van der Waals surface area contributed by atoms with E-state index < -0.39 is 6.10 Å². The lowest BCUT2D eigenvalue weighted by Crippen LogP contribution is -2.42. The molecule has 1 atom stereocenters. The Hall–Kier alpha value is -1.55. The summed E-state index contributed by atoms with van der Waals surface area (Å²) in [6, 6.07) is 7.29. The molecule has 1 aliphatic carbocycles. The smallest absolute Gasteiger partial charge is 0.226 e. The monoisotopic (exact) mass is 305 g/mol. The molecule has 1 aromatic rings. The van der Waals surface area contributed by atoms with Crippen LogP contribution in [-0.2, 0) is 4.79 Å². The first kappa shape index (κ1) is 16.8. The summed E-state index contributed by atoms with van der Waals surface area (Å²) in [6.45, 7) is 4.24. The first-order chi connectivity index (χ1) is 10.4. The molecule has 0 aliphatic heterocycles. The Kier molecular flexibility index (Phi) is 5.46. The minimum atomic E-state index is -0.724. The van der Waals surface area contributed by atoms with Crippen LogP contribution in [0.4, 0.5) is 0 Å². The fourth-order valence-corrected chi connectivity index (χ4v) is 3.22. The number of aliphatic hydroxyl groups excluding tert-OH is 1. The number of hydrogen-bond donors (Lipinski definition) is 2. The number of rotatable bonds is 6. The number of carbonyl (C=O) groups is 1. The highest BCUT2D eigenvalue weighted by Crippen LogP contribution is 2.39. The molecule has 1 amide bonds. The van der Waals surface area contributed by atoms with Crippen LogP contribution in [0.2, 0.25) is 0 Å². The van der Waals surface area contributed by atoms with Crippen molar-refractivity contribution in [3.05, 3.63) is 29.8 Å². The molecule has 4 heteroatoms. The van der Waals surface area contributed by atoms with Gasteiger partial charge in [-0.05, 0) is 36.5 Å². The molecule has 1 fully saturated rings. The van der Waals surface area contributed by atoms with E-state index >= 15 is 0 Å². The van der Waals surface area contributed by atoms with Crippen molar-refractivity contribution >= 4 is 5.91 Å². The molecule has 1 unspecified atom stereocenters. The van der Waals surface area contributed by atoms with Crippen LogP contribution in [0, 0.1) is 11.3 Å². The van der Waals surface area contributed by atoms with E-state index in [-0.39, 0.29) is 17.9 Å². The van der Waals surface area contributed by atoms with Crippen molar-refractivity contribution in [1.29, 1.82) is 0 Å². The third-order valence-corrected chi connectivity index (χ3v) is 4.90. The molecule has 1 aromatic carbocycles. The van der Waals surface area contributed by atoms with E-state index in [1.807, 2.05) is 32.0 Å². The summed E-state index contributed by atoms with van der Waals surface area (Å²) >= 11 is 0. The standard InChI is InChI=1S/C18H27NO3/c1-18(2,14-8-4-5-9-14)17(21)19-12-16(20)13-7-6-10-15(11-13)22-3/h6-7,10-11,14,16,20H,4-5,8-9,12H2,1-3H3,(H,19,21). The molecule has 0 bridgehead atoms. The molecule has 0 radical (unpaired) electrons. The Morgan fingerprint density at radius 1 is 1.41 bits per heavy atom. The Morgan fingerprint density at radius 3 is 2.73 bits per heavy atom. The number of methoxy groups -OCH3 is 1. The Bertz CT molecular complexity index is 507. The average Bonchev–Trinajstić information content (AvgIpc) is 3.07. The number of carbonyl (C=O) groups excluding carboxylic acids is 1. The summed E-state index contributed by atoms with van der Waals surface area (Å²) in [5, 5.41) is 13.2. The van der Waals surface area contributed by atoms with Gasteiger partial charge in [0, 0.05) is 12.0 Å². The van der Waals surface area contributed by atoms with Crippen LogP contribution in [0.3, 0.4) is 0 Å². The maximum absolute atomic E-state index is 12.5. The molecular formula is C18H27NO3. The van der Waals surface area contributed by atoms with Crippen molar-refractivity contribution in [1.82, 2.24) is 5.32 Å². The van der Waals surface area contributed by atoms with Crippen molar-refractivity contribution in [2.45, 2.75) is 45.6 Å². The van der Waals surface area contributed by atoms with Gasteiger partial charge in [-0.15, -0.1) is 0 Å². The quantitative estimate of drug-likeness (QED) is 0.849. The maximum atomic E-state index is 12.5. The first-order valence-electron chi connectivity index (χ1n) is 8.05. The van der Waals surface area contributed by atoms with Crippen LogP contribution in [-0.4, -0.2) is 24.7 Å². The van der Waals surface area contributed by atoms with Crippen molar-refractivity contribution < 1.29 is 14.6 Å². The van der Waals surface area contributed by atoms with Crippen molar-refractivity contribution in [3.63, 3.8) is 0 Å². The van der Waals surface area contributed by atoms with E-state index in [1.165, 1.54) is 12.8 Å². The predicted octanol–water partition coefficient (Wildman–Crippen LogP) is 3.06. The fourth-order valence-electron chi connectivity index (χ4n) is 3.22. The van der Waals surface area contributed by atoms with Crippen LogP contribution in [0.5, 0.6) is 5.75 Å². The predicted molar refractivity (Wildman–Crippen MR) is 86.7 cm³/mol. The van der Waals surface area contributed by atoms with Gasteiger partial charge in [-0.25, -0.2) is 0 Å². The van der Waals surface area contributed by atoms with Crippen LogP contribution < -0.4 is 10.1 Å². The van der Waals surface area contributed by atoms with E-state index in [9.17, 15) is 9.90 Å². The Balaban J connectivity index is 1.92. The van der Waals surface area contributed by atoms with E-state index in [1.54, 1.807) is 13.2 Å². The van der Waals surface area contributed by atoms with Crippen LogP contribution >= 0.6 is 0 Å². The molecule has 1 aliphatic rings. The van der Waals surface area contributed by atoms with Gasteiger partial charge < -0.3 is 15.2 Å². The topological polar surface area (TPSA) is 58.6 Å². The van der Waals surface area contributed by atoms with Crippen LogP contribution in [0.15, 0.2) is 24.3 Å². The van der Waals surface area contributed by atoms with E-state index in [4.69, 9.17) is 4.74 Å². The summed E-state index contributed by atoms with van der Waals surface area (Å²) in [7, 11) is 1.59. The minimum Gasteiger partial charge on any atom is -0.497 e. The van der Waals surface area contributed by atoms with Gasteiger partial charge in [0.05, 0.1) is 13.2 Å². The van der Waals surface area contributed by atoms with Crippen LogP contribution in [0.25, 0.3) is 0 Å². The minimum absolute atomic E-state index is 0.0290. The molecule has 0 heterocycles. The van der Waals surface area contributed by atoms with Gasteiger partial charge in [-0.1, -0.05) is 38.8 Å². The lowest BCUT2D eigenvalue weighted by atomic mass is 9.77. The third-order valence-electron chi connectivity index (χ3n) is 4.90. The number of aliphatic hydroxyl groups is 1. The van der Waals surface area contributed by atoms with Crippen molar-refractivity contribution in [2.24, 2.45) is 11.3 Å². The van der Waals surface area contributed by atoms with E-state index in [0.717, 1.165) is 18.4 Å². The Morgan fingerprint density at radius 2 is 2.09 bits per heavy atom. The molecule has 22 heavy (non-hydrogen) atoms. The second-order valence-electron chi connectivity index (χ2n) is 6.71. The lowest BCUT2D eigenvalue weighted by molar-refractivity contribution is -0.132. The van der Waals surface area contributed by atoms with Crippen molar-refractivity contribution in [2.75, 3.05) is 13.7 Å². The molecule has 4 nitrogen and oxygen atoms in total. The summed E-state index contributed by atoms with van der Waals surface area (Å²) in [5.74, 6) is 1.18. The molecule has 0 saturated heterocycles. The van der Waals surface area contributed by atoms with E-state index in [2.05, 4.69) is 5.32 Å². The fraction of sp³-hybridized carbons (Fsp3) is 0.611. The molecule has 0 aromatic heterocycles. The third kappa shape index (κ3) is 3.80. The number of nitrogens with one attached hydrogen (secondary N) is 1. The number of ether oxygens (including phenoxy) is 1. The number of benzene rings is 1. The van der Waals surface area contributed by atoms with Gasteiger partial charge in [-0.2, -0.15) is 0 Å². The zero-order valence-electron chi connectivity index (χ0n) is 13.8. The highest BCUT2D eigenvalue weighted by Gasteiger charge is 2.38. The molecular weight excluding hydrogens is 278 g/mol. The average molecular weight is 305 g/mol. The van der Waals surface area contributed by atoms with Crippen LogP contribution in [0.1, 0.15) is 51.2 Å². The zero-order chi connectivity index (χ0) is 16.2. The molecule has 1 saturated carbocycles. The van der Waals surface area contributed by atoms with E-state index in [0.29, 0.717) is 11.7 Å². The number of amides is 1. The molecule has 122 valence electrons. The normalized spacial score (nSPS) is 17.3. The van der Waals surface area contributed by atoms with Gasteiger partial charge in [-0.3, -0.25) is 4.79 Å². The second kappa shape index (κ2) is 7.14. The zero-order valence-corrected chi connectivity index (χ0v) is 13.8. The summed E-state index contributed by atoms with van der Waals surface area (Å²) < 4.78 is 5.15. The second-order valence-corrected chi connectivity index (χ2v) is 6.71. The first-order valence-corrected chi connectivity index (χ1v) is 8.05. The largest absolute Gasteiger partial charge is 0.497 e. The lowest BCUT2D eigenvalue weighted by Gasteiger charge is -2.30. The summed E-state index contributed by atoms with van der Waals surface area (Å²) in [5.41, 5.74) is 0.378. The SMILES string of the molecule is COc1cccc(C(O)CNC(=O)C(C)(C)C2CCCC2)c1. The maximum Gasteiger partial charge on any atom is 0.226 e. The summed E-state index contributed by atoms with van der Waals surface area (Å²) in [6.07, 6.45) is 3.96. The van der Waals surface area contributed by atoms with Gasteiger partial charge >= 0.3 is 0 Å². The van der Waals surface area contributed by atoms with Gasteiger partial charge in [0.25, 0.3) is 0 Å². The highest BCUT2D eigenvalue weighted by atomic mass is 16.5. The number of hydrogen-bond acceptors (Lipinski definition) is 3. The van der Waals surface area contributed by atoms with Gasteiger partial charge in [0.2, 0.25) is 5.91 Å². The molecule has 2 N–H and O–H groups in total. The summed E-state index contributed by atoms with van der Waals surface area (Å²) in [4.78, 5) is 12.5. The van der Waals surface area contributed by atoms with Gasteiger partial charge in [0.15, 0.2) is 0 Å². The van der Waals surface area contributed by atoms with Crippen molar-refractivity contribution in [3.8, 4) is 5.75 Å². The Labute approximate surface area is 132 Å². The molecule has 2 rings (SSSR count). The molecule has 0 spiro atoms.